The van der Waals surface area contributed by atoms with Crippen molar-refractivity contribution >= 4 is 15.9 Å². The van der Waals surface area contributed by atoms with Gasteiger partial charge in [-0.2, -0.15) is 4.31 Å². The molecule has 5 nitrogen and oxygen atoms in total. The van der Waals surface area contributed by atoms with Gasteiger partial charge in [-0.1, -0.05) is 38.2 Å². The van der Waals surface area contributed by atoms with Gasteiger partial charge in [-0.3, -0.25) is 4.79 Å². The van der Waals surface area contributed by atoms with E-state index in [4.69, 9.17) is 0 Å². The van der Waals surface area contributed by atoms with Gasteiger partial charge in [-0.25, -0.2) is 8.42 Å². The van der Waals surface area contributed by atoms with Crippen LogP contribution in [0.4, 0.5) is 0 Å². The summed E-state index contributed by atoms with van der Waals surface area (Å²) in [4.78, 5) is 15.2. The molecular weight excluding hydrogens is 360 g/mol. The number of benzene rings is 1. The first-order chi connectivity index (χ1) is 12.9. The molecule has 1 saturated carbocycles. The Balaban J connectivity index is 1.86. The standard InChI is InChI=1S/C21H32N2O3S/c1-17-12-13-19(27(25,26)23-14-8-3-4-9-15-23)16-20(17)21(24)22(2)18-10-6-5-7-11-18/h12-13,16,18H,3-11,14-15H2,1-2H3. The molecule has 1 heterocycles. The Morgan fingerprint density at radius 1 is 1.00 bits per heavy atom. The highest BCUT2D eigenvalue weighted by molar-refractivity contribution is 7.89. The van der Waals surface area contributed by atoms with Gasteiger partial charge >= 0.3 is 0 Å². The van der Waals surface area contributed by atoms with Crippen molar-refractivity contribution in [2.24, 2.45) is 0 Å². The summed E-state index contributed by atoms with van der Waals surface area (Å²) in [5, 5.41) is 0. The van der Waals surface area contributed by atoms with E-state index in [1.165, 1.54) is 6.42 Å². The van der Waals surface area contributed by atoms with Gasteiger partial charge in [0.15, 0.2) is 0 Å². The number of nitrogens with zero attached hydrogens (tertiary/aromatic N) is 2. The number of sulfonamides is 1. The van der Waals surface area contributed by atoms with Crippen LogP contribution in [0.2, 0.25) is 0 Å². The second kappa shape index (κ2) is 8.74. The Labute approximate surface area is 163 Å². The minimum Gasteiger partial charge on any atom is -0.339 e. The van der Waals surface area contributed by atoms with Gasteiger partial charge in [0.05, 0.1) is 4.90 Å². The monoisotopic (exact) mass is 392 g/mol. The van der Waals surface area contributed by atoms with Crippen LogP contribution in [0.1, 0.15) is 73.7 Å². The normalized spacial score (nSPS) is 20.2. The Hall–Kier alpha value is -1.40. The van der Waals surface area contributed by atoms with Crippen molar-refractivity contribution in [2.45, 2.75) is 75.6 Å². The molecule has 0 aromatic heterocycles. The lowest BCUT2D eigenvalue weighted by atomic mass is 9.94. The number of amides is 1. The van der Waals surface area contributed by atoms with Crippen molar-refractivity contribution < 1.29 is 13.2 Å². The molecule has 1 aromatic rings. The van der Waals surface area contributed by atoms with Crippen molar-refractivity contribution in [3.63, 3.8) is 0 Å². The zero-order chi connectivity index (χ0) is 19.4. The molecule has 1 aliphatic heterocycles. The summed E-state index contributed by atoms with van der Waals surface area (Å²) in [6.45, 7) is 3.02. The lowest BCUT2D eigenvalue weighted by molar-refractivity contribution is 0.0695. The van der Waals surface area contributed by atoms with Crippen LogP contribution in [0.15, 0.2) is 23.1 Å². The van der Waals surface area contributed by atoms with Gasteiger partial charge in [-0.15, -0.1) is 0 Å². The number of hydrogen-bond donors (Lipinski definition) is 0. The highest BCUT2D eigenvalue weighted by Gasteiger charge is 2.28. The quantitative estimate of drug-likeness (QED) is 0.779. The molecule has 1 aliphatic carbocycles. The predicted molar refractivity (Wildman–Crippen MR) is 107 cm³/mol. The van der Waals surface area contributed by atoms with E-state index in [2.05, 4.69) is 0 Å². The molecule has 2 fully saturated rings. The summed E-state index contributed by atoms with van der Waals surface area (Å²) in [5.41, 5.74) is 1.34. The molecule has 0 atom stereocenters. The summed E-state index contributed by atoms with van der Waals surface area (Å²) in [6, 6.07) is 5.27. The van der Waals surface area contributed by atoms with Crippen LogP contribution in [-0.2, 0) is 10.0 Å². The maximum atomic E-state index is 13.1. The van der Waals surface area contributed by atoms with Crippen molar-refractivity contribution in [1.29, 1.82) is 0 Å². The average molecular weight is 393 g/mol. The molecule has 27 heavy (non-hydrogen) atoms. The minimum atomic E-state index is -3.55. The van der Waals surface area contributed by atoms with E-state index in [0.717, 1.165) is 56.9 Å². The fraction of sp³-hybridized carbons (Fsp3) is 0.667. The second-order valence-corrected chi connectivity index (χ2v) is 9.94. The summed E-state index contributed by atoms with van der Waals surface area (Å²) in [7, 11) is -1.69. The van der Waals surface area contributed by atoms with Crippen molar-refractivity contribution in [2.75, 3.05) is 20.1 Å². The molecule has 0 spiro atoms. The molecule has 1 amide bonds. The van der Waals surface area contributed by atoms with Crippen LogP contribution in [0.25, 0.3) is 0 Å². The van der Waals surface area contributed by atoms with E-state index >= 15 is 0 Å². The molecular formula is C21H32N2O3S. The average Bonchev–Trinajstić information content (AvgIpc) is 2.98. The first-order valence-electron chi connectivity index (χ1n) is 10.3. The van der Waals surface area contributed by atoms with Crippen molar-refractivity contribution in [3.8, 4) is 0 Å². The zero-order valence-corrected chi connectivity index (χ0v) is 17.4. The van der Waals surface area contributed by atoms with Gasteiger partial charge in [0.25, 0.3) is 5.91 Å². The summed E-state index contributed by atoms with van der Waals surface area (Å²) < 4.78 is 27.8. The van der Waals surface area contributed by atoms with Crippen LogP contribution < -0.4 is 0 Å². The lowest BCUT2D eigenvalue weighted by Crippen LogP contribution is -2.38. The molecule has 0 bridgehead atoms. The minimum absolute atomic E-state index is 0.0627. The van der Waals surface area contributed by atoms with Crippen LogP contribution >= 0.6 is 0 Å². The van der Waals surface area contributed by atoms with Gasteiger partial charge in [0.1, 0.15) is 0 Å². The van der Waals surface area contributed by atoms with Gasteiger partial charge < -0.3 is 4.90 Å². The smallest absolute Gasteiger partial charge is 0.254 e. The third-order valence-electron chi connectivity index (χ3n) is 6.09. The molecule has 0 unspecified atom stereocenters. The van der Waals surface area contributed by atoms with Crippen molar-refractivity contribution in [1.82, 2.24) is 9.21 Å². The fourth-order valence-electron chi connectivity index (χ4n) is 4.25. The summed E-state index contributed by atoms with van der Waals surface area (Å²) in [6.07, 6.45) is 9.59. The van der Waals surface area contributed by atoms with E-state index in [1.807, 2.05) is 18.9 Å². The first-order valence-corrected chi connectivity index (χ1v) is 11.7. The van der Waals surface area contributed by atoms with E-state index in [1.54, 1.807) is 22.5 Å². The maximum Gasteiger partial charge on any atom is 0.254 e. The molecule has 1 saturated heterocycles. The fourth-order valence-corrected chi connectivity index (χ4v) is 5.79. The van der Waals surface area contributed by atoms with Gasteiger partial charge in [0, 0.05) is 31.7 Å². The third kappa shape index (κ3) is 4.54. The van der Waals surface area contributed by atoms with Gasteiger partial charge in [-0.05, 0) is 50.3 Å². The van der Waals surface area contributed by atoms with E-state index in [-0.39, 0.29) is 16.8 Å². The highest BCUT2D eigenvalue weighted by atomic mass is 32.2. The molecule has 6 heteroatoms. The number of rotatable bonds is 4. The van der Waals surface area contributed by atoms with Crippen molar-refractivity contribution in [3.05, 3.63) is 29.3 Å². The van der Waals surface area contributed by atoms with E-state index in [0.29, 0.717) is 18.7 Å². The highest BCUT2D eigenvalue weighted by Crippen LogP contribution is 2.26. The van der Waals surface area contributed by atoms with Crippen LogP contribution in [0.5, 0.6) is 0 Å². The Bertz CT molecular complexity index is 762. The third-order valence-corrected chi connectivity index (χ3v) is 7.98. The molecule has 1 aromatic carbocycles. The summed E-state index contributed by atoms with van der Waals surface area (Å²) >= 11 is 0. The Morgan fingerprint density at radius 2 is 1.59 bits per heavy atom. The SMILES string of the molecule is Cc1ccc(S(=O)(=O)N2CCCCCC2)cc1C(=O)N(C)C1CCCCC1. The molecule has 3 rings (SSSR count). The predicted octanol–water partition coefficient (Wildman–Crippen LogP) is 3.96. The van der Waals surface area contributed by atoms with E-state index < -0.39 is 10.0 Å². The van der Waals surface area contributed by atoms with Crippen LogP contribution in [0.3, 0.4) is 0 Å². The Kier molecular flexibility index (Phi) is 6.58. The topological polar surface area (TPSA) is 57.7 Å². The summed E-state index contributed by atoms with van der Waals surface area (Å²) in [5.74, 6) is -0.0627. The van der Waals surface area contributed by atoms with Crippen LogP contribution in [-0.4, -0.2) is 49.7 Å². The van der Waals surface area contributed by atoms with E-state index in [9.17, 15) is 13.2 Å². The van der Waals surface area contributed by atoms with Crippen LogP contribution in [0, 0.1) is 6.92 Å². The number of carbonyl (C=O) groups is 1. The zero-order valence-electron chi connectivity index (χ0n) is 16.6. The number of carbonyl (C=O) groups excluding carboxylic acids is 1. The molecule has 0 N–H and O–H groups in total. The molecule has 150 valence electrons. The number of aryl methyl sites for hydroxylation is 1. The van der Waals surface area contributed by atoms with Gasteiger partial charge in [0.2, 0.25) is 10.0 Å². The number of hydrogen-bond acceptors (Lipinski definition) is 3. The molecule has 2 aliphatic rings. The largest absolute Gasteiger partial charge is 0.339 e. The Morgan fingerprint density at radius 3 is 2.22 bits per heavy atom. The lowest BCUT2D eigenvalue weighted by Gasteiger charge is -2.31. The second-order valence-electron chi connectivity index (χ2n) is 8.00. The molecule has 0 radical (unpaired) electrons. The maximum absolute atomic E-state index is 13.1. The first kappa shape index (κ1) is 20.3.